The lowest BCUT2D eigenvalue weighted by Gasteiger charge is -2.26. The van der Waals surface area contributed by atoms with Gasteiger partial charge in [-0.3, -0.25) is 0 Å². The number of rotatable bonds is 4. The van der Waals surface area contributed by atoms with E-state index in [0.29, 0.717) is 0 Å². The molecular formula is C18H30N2O. The highest BCUT2D eigenvalue weighted by Gasteiger charge is 2.21. The van der Waals surface area contributed by atoms with Crippen LogP contribution in [-0.2, 0) is 0 Å². The second-order valence-electron chi connectivity index (χ2n) is 6.78. The van der Waals surface area contributed by atoms with E-state index < -0.39 is 0 Å². The normalized spacial score (nSPS) is 19.9. The predicted molar refractivity (Wildman–Crippen MR) is 91.0 cm³/mol. The first-order chi connectivity index (χ1) is 9.99. The lowest BCUT2D eigenvalue weighted by atomic mass is 9.89. The average molecular weight is 290 g/mol. The zero-order valence-corrected chi connectivity index (χ0v) is 13.9. The summed E-state index contributed by atoms with van der Waals surface area (Å²) in [7, 11) is 0. The monoisotopic (exact) mass is 290 g/mol. The van der Waals surface area contributed by atoms with Crippen LogP contribution in [0.5, 0.6) is 5.75 Å². The molecule has 2 N–H and O–H groups in total. The van der Waals surface area contributed by atoms with Crippen molar-refractivity contribution in [2.45, 2.75) is 53.1 Å². The van der Waals surface area contributed by atoms with Crippen molar-refractivity contribution < 1.29 is 4.74 Å². The Morgan fingerprint density at radius 2 is 1.90 bits per heavy atom. The van der Waals surface area contributed by atoms with Gasteiger partial charge >= 0.3 is 0 Å². The Kier molecular flexibility index (Phi) is 5.38. The van der Waals surface area contributed by atoms with Crippen LogP contribution in [0.4, 0.5) is 11.4 Å². The van der Waals surface area contributed by atoms with Gasteiger partial charge in [0.15, 0.2) is 0 Å². The van der Waals surface area contributed by atoms with Crippen molar-refractivity contribution in [3.8, 4) is 5.75 Å². The lowest BCUT2D eigenvalue weighted by Crippen LogP contribution is -2.25. The van der Waals surface area contributed by atoms with Crippen LogP contribution in [0.1, 0.15) is 47.0 Å². The maximum Gasteiger partial charge on any atom is 0.144 e. The molecule has 3 heteroatoms. The van der Waals surface area contributed by atoms with Gasteiger partial charge in [0.25, 0.3) is 0 Å². The van der Waals surface area contributed by atoms with E-state index in [1.54, 1.807) is 0 Å². The first-order valence-corrected chi connectivity index (χ1v) is 8.29. The van der Waals surface area contributed by atoms with E-state index in [4.69, 9.17) is 10.5 Å². The summed E-state index contributed by atoms with van der Waals surface area (Å²) in [4.78, 5) is 2.44. The van der Waals surface area contributed by atoms with Gasteiger partial charge in [-0.1, -0.05) is 19.9 Å². The summed E-state index contributed by atoms with van der Waals surface area (Å²) in [6.07, 6.45) is 3.98. The quantitative estimate of drug-likeness (QED) is 0.839. The van der Waals surface area contributed by atoms with E-state index in [1.807, 2.05) is 26.0 Å². The van der Waals surface area contributed by atoms with Crippen LogP contribution >= 0.6 is 0 Å². The molecule has 0 saturated carbocycles. The number of hydrogen-bond donors (Lipinski definition) is 1. The molecule has 1 fully saturated rings. The number of nitrogens with two attached hydrogens (primary N) is 1. The average Bonchev–Trinajstić information content (AvgIpc) is 2.66. The summed E-state index contributed by atoms with van der Waals surface area (Å²) in [6.45, 7) is 10.9. The third kappa shape index (κ3) is 4.05. The largest absolute Gasteiger partial charge is 0.489 e. The summed E-state index contributed by atoms with van der Waals surface area (Å²) >= 11 is 0. The zero-order valence-electron chi connectivity index (χ0n) is 13.9. The molecule has 1 unspecified atom stereocenters. The fourth-order valence-corrected chi connectivity index (χ4v) is 3.19. The molecule has 0 bridgehead atoms. The Labute approximate surface area is 129 Å². The van der Waals surface area contributed by atoms with E-state index in [1.165, 1.54) is 19.3 Å². The Morgan fingerprint density at radius 1 is 1.14 bits per heavy atom. The minimum absolute atomic E-state index is 0.150. The summed E-state index contributed by atoms with van der Waals surface area (Å²) in [5.41, 5.74) is 8.26. The first-order valence-electron chi connectivity index (χ1n) is 8.29. The van der Waals surface area contributed by atoms with Gasteiger partial charge < -0.3 is 15.4 Å². The molecule has 1 aromatic carbocycles. The molecule has 1 heterocycles. The number of benzene rings is 1. The van der Waals surface area contributed by atoms with Crippen molar-refractivity contribution in [2.24, 2.45) is 11.8 Å². The van der Waals surface area contributed by atoms with Gasteiger partial charge in [0.1, 0.15) is 5.75 Å². The smallest absolute Gasteiger partial charge is 0.144 e. The molecule has 1 saturated heterocycles. The van der Waals surface area contributed by atoms with E-state index >= 15 is 0 Å². The topological polar surface area (TPSA) is 38.5 Å². The third-order valence-electron chi connectivity index (χ3n) is 4.46. The molecule has 3 nitrogen and oxygen atoms in total. The van der Waals surface area contributed by atoms with Crippen molar-refractivity contribution in [1.29, 1.82) is 0 Å². The highest BCUT2D eigenvalue weighted by Crippen LogP contribution is 2.35. The molecular weight excluding hydrogens is 260 g/mol. The van der Waals surface area contributed by atoms with Crippen molar-refractivity contribution in [3.05, 3.63) is 18.2 Å². The van der Waals surface area contributed by atoms with Gasteiger partial charge in [0.2, 0.25) is 0 Å². The van der Waals surface area contributed by atoms with Crippen LogP contribution in [0.2, 0.25) is 0 Å². The highest BCUT2D eigenvalue weighted by molar-refractivity contribution is 5.74. The number of hydrogen-bond acceptors (Lipinski definition) is 3. The van der Waals surface area contributed by atoms with Crippen LogP contribution in [0, 0.1) is 11.8 Å². The second-order valence-corrected chi connectivity index (χ2v) is 6.78. The Bertz CT molecular complexity index is 457. The lowest BCUT2D eigenvalue weighted by molar-refractivity contribution is 0.244. The number of anilines is 2. The number of para-hydroxylation sites is 1. The molecule has 1 aliphatic rings. The van der Waals surface area contributed by atoms with Crippen molar-refractivity contribution in [1.82, 2.24) is 0 Å². The van der Waals surface area contributed by atoms with Gasteiger partial charge in [-0.05, 0) is 57.1 Å². The van der Waals surface area contributed by atoms with Gasteiger partial charge in [-0.25, -0.2) is 0 Å². The zero-order chi connectivity index (χ0) is 15.4. The van der Waals surface area contributed by atoms with Gasteiger partial charge in [-0.15, -0.1) is 0 Å². The summed E-state index contributed by atoms with van der Waals surface area (Å²) in [5, 5.41) is 0. The minimum atomic E-state index is 0.150. The van der Waals surface area contributed by atoms with E-state index in [0.717, 1.165) is 42.0 Å². The molecule has 0 aromatic heterocycles. The van der Waals surface area contributed by atoms with Crippen molar-refractivity contribution >= 4 is 11.4 Å². The van der Waals surface area contributed by atoms with Gasteiger partial charge in [-0.2, -0.15) is 0 Å². The van der Waals surface area contributed by atoms with Crippen LogP contribution in [0.3, 0.4) is 0 Å². The molecule has 1 aromatic rings. The number of nitrogens with zero attached hydrogens (tertiary/aromatic N) is 1. The van der Waals surface area contributed by atoms with Gasteiger partial charge in [0, 0.05) is 13.1 Å². The summed E-state index contributed by atoms with van der Waals surface area (Å²) in [5.74, 6) is 2.43. The van der Waals surface area contributed by atoms with E-state index in [2.05, 4.69) is 24.8 Å². The predicted octanol–water partition coefficient (Wildman–Crippen LogP) is 4.32. The Balaban J connectivity index is 2.14. The van der Waals surface area contributed by atoms with E-state index in [-0.39, 0.29) is 6.10 Å². The summed E-state index contributed by atoms with van der Waals surface area (Å²) < 4.78 is 5.82. The fraction of sp³-hybridized carbons (Fsp3) is 0.667. The molecule has 1 aliphatic heterocycles. The van der Waals surface area contributed by atoms with E-state index in [9.17, 15) is 0 Å². The fourth-order valence-electron chi connectivity index (χ4n) is 3.19. The molecule has 1 atom stereocenters. The highest BCUT2D eigenvalue weighted by atomic mass is 16.5. The molecule has 0 radical (unpaired) electrons. The molecule has 2 rings (SSSR count). The standard InChI is InChI=1S/C18H30N2O/c1-13(2)15-7-6-11-20(12-10-15)16-8-5-9-17(18(16)19)21-14(3)4/h5,8-9,13-15H,6-7,10-12,19H2,1-4H3. The minimum Gasteiger partial charge on any atom is -0.489 e. The number of ether oxygens (including phenoxy) is 1. The van der Waals surface area contributed by atoms with Crippen LogP contribution in [0.25, 0.3) is 0 Å². The second kappa shape index (κ2) is 7.06. The summed E-state index contributed by atoms with van der Waals surface area (Å²) in [6, 6.07) is 6.14. The number of nitrogen functional groups attached to an aromatic ring is 1. The van der Waals surface area contributed by atoms with Crippen LogP contribution in [-0.4, -0.2) is 19.2 Å². The van der Waals surface area contributed by atoms with Gasteiger partial charge in [0.05, 0.1) is 17.5 Å². The molecule has 0 aliphatic carbocycles. The first kappa shape index (κ1) is 16.0. The van der Waals surface area contributed by atoms with Crippen molar-refractivity contribution in [3.63, 3.8) is 0 Å². The SMILES string of the molecule is CC(C)Oc1cccc(N2CCCC(C(C)C)CC2)c1N. The third-order valence-corrected chi connectivity index (χ3v) is 4.46. The Hall–Kier alpha value is -1.38. The van der Waals surface area contributed by atoms with Crippen LogP contribution in [0.15, 0.2) is 18.2 Å². The Morgan fingerprint density at radius 3 is 2.57 bits per heavy atom. The maximum absolute atomic E-state index is 6.34. The maximum atomic E-state index is 6.34. The molecule has 21 heavy (non-hydrogen) atoms. The molecule has 0 amide bonds. The molecule has 118 valence electrons. The van der Waals surface area contributed by atoms with Crippen molar-refractivity contribution in [2.75, 3.05) is 23.7 Å². The van der Waals surface area contributed by atoms with Crippen LogP contribution < -0.4 is 15.4 Å². The molecule has 0 spiro atoms.